The largest absolute Gasteiger partial charge is 0.334 e. The van der Waals surface area contributed by atoms with Crippen LogP contribution in [0.15, 0.2) is 58.1 Å². The van der Waals surface area contributed by atoms with Gasteiger partial charge in [0.2, 0.25) is 11.7 Å². The molecule has 12 heteroatoms. The van der Waals surface area contributed by atoms with Crippen molar-refractivity contribution in [3.8, 4) is 22.8 Å². The van der Waals surface area contributed by atoms with Crippen LogP contribution < -0.4 is 10.6 Å². The van der Waals surface area contributed by atoms with E-state index in [4.69, 9.17) is 21.9 Å². The van der Waals surface area contributed by atoms with E-state index in [0.717, 1.165) is 17.3 Å². The number of hydrogen-bond acceptors (Lipinski definition) is 8. The number of amides is 1. The predicted octanol–water partition coefficient (Wildman–Crippen LogP) is 3.86. The third kappa shape index (κ3) is 4.73. The van der Waals surface area contributed by atoms with Crippen molar-refractivity contribution in [2.75, 3.05) is 10.7 Å². The van der Waals surface area contributed by atoms with Gasteiger partial charge in [0.15, 0.2) is 9.84 Å². The van der Waals surface area contributed by atoms with E-state index in [9.17, 15) is 13.2 Å². The molecule has 0 aliphatic carbocycles. The zero-order valence-corrected chi connectivity index (χ0v) is 21.3. The summed E-state index contributed by atoms with van der Waals surface area (Å²) in [6.07, 6.45) is 1.58. The first kappa shape index (κ1) is 25.0. The van der Waals surface area contributed by atoms with E-state index < -0.39 is 33.4 Å². The molecule has 37 heavy (non-hydrogen) atoms. The van der Waals surface area contributed by atoms with E-state index in [-0.39, 0.29) is 34.4 Å². The van der Waals surface area contributed by atoms with Crippen LogP contribution in [0.3, 0.4) is 0 Å². The molecule has 1 aliphatic heterocycles. The molecular formula is C25H21ClFN5O4S. The Morgan fingerprint density at radius 3 is 2.59 bits per heavy atom. The van der Waals surface area contributed by atoms with Crippen molar-refractivity contribution >= 4 is 33.0 Å². The van der Waals surface area contributed by atoms with Crippen molar-refractivity contribution < 1.29 is 22.1 Å². The predicted molar refractivity (Wildman–Crippen MR) is 135 cm³/mol. The lowest BCUT2D eigenvalue weighted by molar-refractivity contribution is -0.119. The summed E-state index contributed by atoms with van der Waals surface area (Å²) in [7, 11) is -4.08. The van der Waals surface area contributed by atoms with Gasteiger partial charge in [0, 0.05) is 16.9 Å². The fourth-order valence-corrected chi connectivity index (χ4v) is 5.88. The van der Waals surface area contributed by atoms with Crippen molar-refractivity contribution in [3.63, 3.8) is 0 Å². The Morgan fingerprint density at radius 1 is 1.16 bits per heavy atom. The van der Waals surface area contributed by atoms with E-state index >= 15 is 4.39 Å². The normalized spacial score (nSPS) is 16.9. The third-order valence-corrected chi connectivity index (χ3v) is 8.10. The zero-order chi connectivity index (χ0) is 26.5. The van der Waals surface area contributed by atoms with Gasteiger partial charge < -0.3 is 15.2 Å². The molecule has 1 aliphatic rings. The molecule has 9 nitrogen and oxygen atoms in total. The molecule has 0 unspecified atom stereocenters. The number of aromatic nitrogens is 3. The average molecular weight is 542 g/mol. The van der Waals surface area contributed by atoms with Gasteiger partial charge in [-0.05, 0) is 55.3 Å². The molecule has 0 radical (unpaired) electrons. The number of aryl methyl sites for hydroxylation is 2. The van der Waals surface area contributed by atoms with Crippen molar-refractivity contribution in [1.82, 2.24) is 15.1 Å². The first-order valence-corrected chi connectivity index (χ1v) is 13.2. The summed E-state index contributed by atoms with van der Waals surface area (Å²) in [6, 6.07) is 9.33. The highest BCUT2D eigenvalue weighted by Crippen LogP contribution is 2.37. The van der Waals surface area contributed by atoms with Crippen LogP contribution in [-0.2, 0) is 21.2 Å². The molecule has 3 heterocycles. The Bertz CT molecular complexity index is 1640. The molecule has 1 amide bonds. The number of pyridine rings is 1. The monoisotopic (exact) mass is 541 g/mol. The van der Waals surface area contributed by atoms with Crippen molar-refractivity contribution in [2.45, 2.75) is 31.3 Å². The number of nitrogens with zero attached hydrogens (tertiary/aromatic N) is 4. The average Bonchev–Trinajstić information content (AvgIpc) is 3.30. The van der Waals surface area contributed by atoms with E-state index in [1.54, 1.807) is 30.5 Å². The molecule has 1 atom stereocenters. The molecule has 2 N–H and O–H groups in total. The summed E-state index contributed by atoms with van der Waals surface area (Å²) in [5.41, 5.74) is 8.69. The lowest BCUT2D eigenvalue weighted by Gasteiger charge is -2.24. The number of halogens is 2. The van der Waals surface area contributed by atoms with Gasteiger partial charge in [0.05, 0.1) is 40.0 Å². The fourth-order valence-electron chi connectivity index (χ4n) is 4.19. The van der Waals surface area contributed by atoms with Crippen LogP contribution in [0.5, 0.6) is 0 Å². The summed E-state index contributed by atoms with van der Waals surface area (Å²) >= 11 is 5.97. The van der Waals surface area contributed by atoms with Crippen molar-refractivity contribution in [3.05, 3.63) is 76.3 Å². The minimum Gasteiger partial charge on any atom is -0.334 e. The van der Waals surface area contributed by atoms with Crippen LogP contribution >= 0.6 is 11.6 Å². The number of benzene rings is 2. The molecular weight excluding hydrogens is 521 g/mol. The van der Waals surface area contributed by atoms with Gasteiger partial charge in [-0.2, -0.15) is 4.98 Å². The second-order valence-electron chi connectivity index (χ2n) is 8.80. The number of fused-ring (bicyclic) bond motifs is 1. The van der Waals surface area contributed by atoms with Crippen molar-refractivity contribution in [1.29, 1.82) is 0 Å². The lowest BCUT2D eigenvalue weighted by atomic mass is 10.1. The van der Waals surface area contributed by atoms with E-state index in [0.29, 0.717) is 16.1 Å². The lowest BCUT2D eigenvalue weighted by Crippen LogP contribution is -2.45. The Balaban J connectivity index is 1.64. The quantitative estimate of drug-likeness (QED) is 0.412. The number of rotatable bonds is 4. The highest BCUT2D eigenvalue weighted by atomic mass is 35.5. The van der Waals surface area contributed by atoms with E-state index in [1.807, 2.05) is 19.9 Å². The SMILES string of the molecule is Cc1cc(C)c(-c2nc(-c3cc4c(cc3F)S(=O)(=O)C[C@H](N)C(=O)N4Cc3ccc(Cl)cc3)no2)cn1. The maximum atomic E-state index is 15.3. The highest BCUT2D eigenvalue weighted by Gasteiger charge is 2.37. The number of carbonyl (C=O) groups is 1. The van der Waals surface area contributed by atoms with Gasteiger partial charge in [0.25, 0.3) is 5.89 Å². The molecule has 2 aromatic carbocycles. The number of nitrogens with two attached hydrogens (primary N) is 1. The third-order valence-electron chi connectivity index (χ3n) is 6.06. The maximum absolute atomic E-state index is 15.3. The first-order valence-electron chi connectivity index (χ1n) is 11.2. The second-order valence-corrected chi connectivity index (χ2v) is 11.2. The Hall–Kier alpha value is -3.67. The molecule has 4 aromatic rings. The minimum absolute atomic E-state index is 0.0109. The van der Waals surface area contributed by atoms with Gasteiger partial charge in [-0.15, -0.1) is 0 Å². The number of hydrogen-bond donors (Lipinski definition) is 1. The van der Waals surface area contributed by atoms with Crippen LogP contribution in [0.25, 0.3) is 22.8 Å². The fraction of sp³-hybridized carbons (Fsp3) is 0.200. The van der Waals surface area contributed by atoms with Gasteiger partial charge in [-0.1, -0.05) is 28.9 Å². The van der Waals surface area contributed by atoms with Gasteiger partial charge in [0.1, 0.15) is 5.82 Å². The summed E-state index contributed by atoms with van der Waals surface area (Å²) in [5.74, 6) is -2.15. The smallest absolute Gasteiger partial charge is 0.260 e. The molecule has 0 spiro atoms. The summed E-state index contributed by atoms with van der Waals surface area (Å²) in [4.78, 5) is 22.7. The van der Waals surface area contributed by atoms with Crippen LogP contribution in [-0.4, -0.2) is 41.2 Å². The second kappa shape index (κ2) is 9.33. The van der Waals surface area contributed by atoms with Gasteiger partial charge in [-0.25, -0.2) is 12.8 Å². The number of anilines is 1. The Morgan fingerprint density at radius 2 is 1.89 bits per heavy atom. The molecule has 2 aromatic heterocycles. The van der Waals surface area contributed by atoms with E-state index in [1.165, 1.54) is 11.0 Å². The molecule has 0 fully saturated rings. The van der Waals surface area contributed by atoms with Crippen LogP contribution in [0.2, 0.25) is 5.02 Å². The molecule has 0 saturated carbocycles. The van der Waals surface area contributed by atoms with Crippen LogP contribution in [0, 0.1) is 19.7 Å². The maximum Gasteiger partial charge on any atom is 0.260 e. The number of carbonyl (C=O) groups excluding carboxylic acids is 1. The standard InChI is InChI=1S/C25H21ClFN5O4S/c1-13-7-14(2)29-10-18(13)24-30-23(31-36-24)17-8-21-22(9-19(17)27)37(34,35)12-20(28)25(33)32(21)11-15-3-5-16(26)6-4-15/h3-10,20H,11-12,28H2,1-2H3/t20-/m0/s1. The van der Waals surface area contributed by atoms with Crippen molar-refractivity contribution in [2.24, 2.45) is 5.73 Å². The summed E-state index contributed by atoms with van der Waals surface area (Å²) in [6.45, 7) is 3.69. The van der Waals surface area contributed by atoms with Gasteiger partial charge in [-0.3, -0.25) is 9.78 Å². The Labute approximate surface area is 217 Å². The zero-order valence-electron chi connectivity index (χ0n) is 19.8. The molecule has 0 bridgehead atoms. The molecule has 5 rings (SSSR count). The topological polar surface area (TPSA) is 132 Å². The van der Waals surface area contributed by atoms with Crippen LogP contribution in [0.4, 0.5) is 10.1 Å². The first-order chi connectivity index (χ1) is 17.5. The molecule has 0 saturated heterocycles. The van der Waals surface area contributed by atoms with Gasteiger partial charge >= 0.3 is 0 Å². The Kier molecular flexibility index (Phi) is 6.30. The molecule has 190 valence electrons. The van der Waals surface area contributed by atoms with E-state index in [2.05, 4.69) is 15.1 Å². The summed E-state index contributed by atoms with van der Waals surface area (Å²) in [5, 5.41) is 4.40. The van der Waals surface area contributed by atoms with Crippen LogP contribution in [0.1, 0.15) is 16.8 Å². The highest BCUT2D eigenvalue weighted by molar-refractivity contribution is 7.91. The summed E-state index contributed by atoms with van der Waals surface area (Å²) < 4.78 is 46.8. The minimum atomic E-state index is -4.08. The number of sulfone groups is 1.